The van der Waals surface area contributed by atoms with Crippen molar-refractivity contribution in [2.24, 2.45) is 11.7 Å². The van der Waals surface area contributed by atoms with E-state index in [2.05, 4.69) is 21.3 Å². The van der Waals surface area contributed by atoms with Crippen molar-refractivity contribution in [3.63, 3.8) is 0 Å². The van der Waals surface area contributed by atoms with Crippen LogP contribution in [-0.4, -0.2) is 15.2 Å². The smallest absolute Gasteiger partial charge is 0.416 e. The Morgan fingerprint density at radius 3 is 2.48 bits per heavy atom. The molecule has 0 radical (unpaired) electrons. The number of aromatic amines is 1. The number of alkyl halides is 3. The highest BCUT2D eigenvalue weighted by Crippen LogP contribution is 2.53. The number of ether oxygens (including phenoxy) is 1. The Bertz CT molecular complexity index is 1320. The van der Waals surface area contributed by atoms with Gasteiger partial charge in [0, 0.05) is 17.6 Å². The van der Waals surface area contributed by atoms with Crippen molar-refractivity contribution in [2.75, 3.05) is 0 Å². The molecular weight excluding hydrogens is 431 g/mol. The third-order valence-electron chi connectivity index (χ3n) is 6.08. The number of hydrogen-bond donors (Lipinski definition) is 2. The van der Waals surface area contributed by atoms with E-state index in [0.717, 1.165) is 12.1 Å². The Labute approximate surface area is 188 Å². The number of fused-ring (bicyclic) bond motifs is 1. The second-order valence-electron chi connectivity index (χ2n) is 8.43. The van der Waals surface area contributed by atoms with E-state index in [1.54, 1.807) is 38.2 Å². The number of rotatable bonds is 3. The minimum atomic E-state index is -4.60. The van der Waals surface area contributed by atoms with Gasteiger partial charge in [-0.3, -0.25) is 10.1 Å². The highest BCUT2D eigenvalue weighted by Gasteiger charge is 2.51. The number of H-pyrrole nitrogens is 1. The largest absolute Gasteiger partial charge is 0.420 e. The Balaban J connectivity index is 2.14. The number of aryl methyl sites for hydroxylation is 2. The zero-order valence-corrected chi connectivity index (χ0v) is 18.5. The van der Waals surface area contributed by atoms with E-state index in [-0.39, 0.29) is 28.8 Å². The minimum absolute atomic E-state index is 0.0469. The molecule has 1 unspecified atom stereocenters. The van der Waals surface area contributed by atoms with Crippen molar-refractivity contribution in [1.29, 1.82) is 5.26 Å². The van der Waals surface area contributed by atoms with Gasteiger partial charge in [-0.1, -0.05) is 13.8 Å². The third-order valence-corrected chi connectivity index (χ3v) is 6.08. The fourth-order valence-electron chi connectivity index (χ4n) is 4.67. The minimum Gasteiger partial charge on any atom is -0.420 e. The van der Waals surface area contributed by atoms with Crippen LogP contribution in [0.5, 0.6) is 5.88 Å². The fourth-order valence-corrected chi connectivity index (χ4v) is 4.67. The lowest BCUT2D eigenvalue weighted by molar-refractivity contribution is -0.137. The molecule has 1 atom stereocenters. The summed E-state index contributed by atoms with van der Waals surface area (Å²) in [6.45, 7) is 7.18. The summed E-state index contributed by atoms with van der Waals surface area (Å²) in [7, 11) is 0. The SMILES string of the molecule is Cc1cc(-c2cc(C(F)(F)F)cc(C3(C(C)C)C(C#N)=C(N)Oc4n[nH]c(C)c43)c2)ccn1. The predicted octanol–water partition coefficient (Wildman–Crippen LogP) is 5.14. The van der Waals surface area contributed by atoms with Gasteiger partial charge in [0.05, 0.1) is 16.5 Å². The molecule has 4 rings (SSSR count). The summed E-state index contributed by atoms with van der Waals surface area (Å²) < 4.78 is 47.7. The van der Waals surface area contributed by atoms with Gasteiger partial charge in [-0.15, -0.1) is 5.10 Å². The molecule has 170 valence electrons. The van der Waals surface area contributed by atoms with Gasteiger partial charge in [-0.05, 0) is 66.8 Å². The first-order valence-electron chi connectivity index (χ1n) is 10.3. The number of halogens is 3. The zero-order chi connectivity index (χ0) is 24.1. The van der Waals surface area contributed by atoms with E-state index >= 15 is 0 Å². The molecule has 0 amide bonds. The van der Waals surface area contributed by atoms with Gasteiger partial charge in [0.25, 0.3) is 0 Å². The summed E-state index contributed by atoms with van der Waals surface area (Å²) in [5, 5.41) is 17.1. The van der Waals surface area contributed by atoms with Crippen LogP contribution in [0, 0.1) is 31.1 Å². The summed E-state index contributed by atoms with van der Waals surface area (Å²) in [5.41, 5.74) is 7.00. The van der Waals surface area contributed by atoms with Crippen molar-refractivity contribution in [3.8, 4) is 23.1 Å². The first kappa shape index (κ1) is 22.4. The van der Waals surface area contributed by atoms with Crippen molar-refractivity contribution in [1.82, 2.24) is 15.2 Å². The van der Waals surface area contributed by atoms with Gasteiger partial charge in [0.15, 0.2) is 0 Å². The lowest BCUT2D eigenvalue weighted by Gasteiger charge is -2.41. The number of pyridine rings is 1. The number of allylic oxidation sites excluding steroid dienone is 1. The van der Waals surface area contributed by atoms with Crippen LogP contribution in [0.1, 0.15) is 41.9 Å². The lowest BCUT2D eigenvalue weighted by atomic mass is 9.61. The van der Waals surface area contributed by atoms with Crippen molar-refractivity contribution in [2.45, 2.75) is 39.3 Å². The highest BCUT2D eigenvalue weighted by atomic mass is 19.4. The molecule has 3 heterocycles. The van der Waals surface area contributed by atoms with Crippen LogP contribution in [0.2, 0.25) is 0 Å². The molecule has 1 aromatic carbocycles. The van der Waals surface area contributed by atoms with Crippen LogP contribution >= 0.6 is 0 Å². The Kier molecular flexibility index (Phi) is 5.20. The molecule has 1 aliphatic rings. The topological polar surface area (TPSA) is 101 Å². The highest BCUT2D eigenvalue weighted by molar-refractivity contribution is 5.70. The molecule has 1 aliphatic heterocycles. The molecule has 6 nitrogen and oxygen atoms in total. The van der Waals surface area contributed by atoms with Crippen molar-refractivity contribution >= 4 is 0 Å². The fraction of sp³-hybridized carbons (Fsp3) is 0.292. The first-order chi connectivity index (χ1) is 15.5. The number of aromatic nitrogens is 3. The van der Waals surface area contributed by atoms with Crippen LogP contribution in [0.25, 0.3) is 11.1 Å². The van der Waals surface area contributed by atoms with Gasteiger partial charge >= 0.3 is 6.18 Å². The van der Waals surface area contributed by atoms with Gasteiger partial charge in [0.1, 0.15) is 11.6 Å². The molecule has 0 saturated carbocycles. The van der Waals surface area contributed by atoms with Crippen molar-refractivity contribution < 1.29 is 17.9 Å². The number of nitriles is 1. The average Bonchev–Trinajstić information content (AvgIpc) is 3.12. The average molecular weight is 453 g/mol. The van der Waals surface area contributed by atoms with Crippen LogP contribution in [0.3, 0.4) is 0 Å². The second-order valence-corrected chi connectivity index (χ2v) is 8.43. The van der Waals surface area contributed by atoms with E-state index in [1.807, 2.05) is 13.8 Å². The quantitative estimate of drug-likeness (QED) is 0.572. The number of benzene rings is 1. The molecule has 33 heavy (non-hydrogen) atoms. The maximum absolute atomic E-state index is 14.0. The van der Waals surface area contributed by atoms with E-state index in [0.29, 0.717) is 28.1 Å². The molecule has 0 bridgehead atoms. The van der Waals surface area contributed by atoms with Crippen LogP contribution in [-0.2, 0) is 11.6 Å². The van der Waals surface area contributed by atoms with Gasteiger partial charge in [0.2, 0.25) is 11.8 Å². The summed E-state index contributed by atoms with van der Waals surface area (Å²) in [4.78, 5) is 4.14. The number of nitrogens with zero attached hydrogens (tertiary/aromatic N) is 3. The number of nitrogens with one attached hydrogen (secondary N) is 1. The molecular formula is C24H22F3N5O. The third kappa shape index (κ3) is 3.42. The molecule has 2 aromatic heterocycles. The molecule has 0 spiro atoms. The molecule has 0 aliphatic carbocycles. The Morgan fingerprint density at radius 1 is 1.15 bits per heavy atom. The van der Waals surface area contributed by atoms with Gasteiger partial charge < -0.3 is 10.5 Å². The van der Waals surface area contributed by atoms with Crippen LogP contribution < -0.4 is 10.5 Å². The van der Waals surface area contributed by atoms with Crippen LogP contribution in [0.4, 0.5) is 13.2 Å². The standard InChI is InChI=1S/C24H22F3N5O/c1-12(2)23(19(11-28)21(29)33-22-20(23)14(4)31-32-22)17-8-16(9-18(10-17)24(25,26)27)15-5-6-30-13(3)7-15/h5-10,12H,29H2,1-4H3,(H,31,32). The maximum Gasteiger partial charge on any atom is 0.416 e. The number of nitrogens with two attached hydrogens (primary N) is 1. The summed E-state index contributed by atoms with van der Waals surface area (Å²) in [6, 6.07) is 9.35. The monoisotopic (exact) mass is 453 g/mol. The second kappa shape index (κ2) is 7.66. The molecule has 0 saturated heterocycles. The summed E-state index contributed by atoms with van der Waals surface area (Å²) >= 11 is 0. The number of hydrogen-bond acceptors (Lipinski definition) is 5. The lowest BCUT2D eigenvalue weighted by Crippen LogP contribution is -2.41. The normalized spacial score (nSPS) is 18.2. The van der Waals surface area contributed by atoms with E-state index in [9.17, 15) is 18.4 Å². The van der Waals surface area contributed by atoms with E-state index in [4.69, 9.17) is 10.5 Å². The Morgan fingerprint density at radius 2 is 1.88 bits per heavy atom. The Hall–Kier alpha value is -3.80. The van der Waals surface area contributed by atoms with Gasteiger partial charge in [-0.25, -0.2) is 0 Å². The zero-order valence-electron chi connectivity index (χ0n) is 18.5. The maximum atomic E-state index is 14.0. The molecule has 3 N–H and O–H groups in total. The predicted molar refractivity (Wildman–Crippen MR) is 116 cm³/mol. The van der Waals surface area contributed by atoms with E-state index < -0.39 is 17.2 Å². The first-order valence-corrected chi connectivity index (χ1v) is 10.3. The van der Waals surface area contributed by atoms with Crippen LogP contribution in [0.15, 0.2) is 48.0 Å². The summed E-state index contributed by atoms with van der Waals surface area (Å²) in [5.74, 6) is -0.388. The summed E-state index contributed by atoms with van der Waals surface area (Å²) in [6.07, 6.45) is -3.05. The molecule has 9 heteroatoms. The van der Waals surface area contributed by atoms with Crippen molar-refractivity contribution in [3.05, 3.63) is 76.1 Å². The molecule has 3 aromatic rings. The van der Waals surface area contributed by atoms with Gasteiger partial charge in [-0.2, -0.15) is 18.4 Å². The van der Waals surface area contributed by atoms with E-state index in [1.165, 1.54) is 0 Å². The molecule has 0 fully saturated rings.